The number of aromatic nitrogens is 1. The van der Waals surface area contributed by atoms with E-state index in [4.69, 9.17) is 23.2 Å². The van der Waals surface area contributed by atoms with E-state index in [-0.39, 0.29) is 37.4 Å². The maximum atomic E-state index is 14.1. The lowest BCUT2D eigenvalue weighted by Crippen LogP contribution is -2.37. The third-order valence-corrected chi connectivity index (χ3v) is 4.04. The number of rotatable bonds is 11. The number of nitrogens with zero attached hydrogens (tertiary/aromatic N) is 3. The first-order valence-corrected chi connectivity index (χ1v) is 9.47. The Hall–Kier alpha value is -3.59. The molecule has 10 N–H and O–H groups in total. The van der Waals surface area contributed by atoms with E-state index in [9.17, 15) is 27.2 Å². The van der Waals surface area contributed by atoms with Crippen LogP contribution in [0, 0.1) is 0 Å². The van der Waals surface area contributed by atoms with Crippen molar-refractivity contribution in [3.63, 3.8) is 0 Å². The summed E-state index contributed by atoms with van der Waals surface area (Å²) in [7, 11) is 1.39. The number of halogens is 4. The molecule has 0 bridgehead atoms. The summed E-state index contributed by atoms with van der Waals surface area (Å²) in [5, 5.41) is 6.48. The molecule has 0 aliphatic heterocycles. The fraction of sp³-hybridized carbons (Fsp3) is 0.389. The Bertz CT molecular complexity index is 877. The first kappa shape index (κ1) is 27.4. The maximum Gasteiger partial charge on any atom is 0.416 e. The smallest absolute Gasteiger partial charge is 0.393 e. The molecule has 2 amide bonds. The lowest BCUT2D eigenvalue weighted by Gasteiger charge is -2.20. The van der Waals surface area contributed by atoms with Gasteiger partial charge < -0.3 is 32.1 Å². The molecule has 0 aliphatic rings. The molecule has 0 fully saturated rings. The highest BCUT2D eigenvalue weighted by molar-refractivity contribution is 5.92. The summed E-state index contributed by atoms with van der Waals surface area (Å²) < 4.78 is 52.3. The number of alkyl halides is 4. The minimum absolute atomic E-state index is 0.0103. The average molecular weight is 477 g/mol. The molecule has 0 spiro atoms. The van der Waals surface area contributed by atoms with Crippen molar-refractivity contribution in [2.45, 2.75) is 25.3 Å². The van der Waals surface area contributed by atoms with Gasteiger partial charge in [-0.05, 0) is 18.6 Å². The second kappa shape index (κ2) is 12.4. The summed E-state index contributed by atoms with van der Waals surface area (Å²) in [4.78, 5) is 27.0. The highest BCUT2D eigenvalue weighted by Crippen LogP contribution is 2.28. The summed E-state index contributed by atoms with van der Waals surface area (Å²) in [5.41, 5.74) is 9.59. The Morgan fingerprint density at radius 1 is 1.15 bits per heavy atom. The molecule has 15 heteroatoms. The van der Waals surface area contributed by atoms with Gasteiger partial charge in [0.2, 0.25) is 0 Å². The number of likely N-dealkylation sites (N-methyl/N-ethyl adjacent to an activating group) is 1. The summed E-state index contributed by atoms with van der Waals surface area (Å²) in [6.07, 6.45) is -3.01. The average Bonchev–Trinajstić information content (AvgIpc) is 2.74. The van der Waals surface area contributed by atoms with E-state index in [1.54, 1.807) is 0 Å². The van der Waals surface area contributed by atoms with Crippen LogP contribution in [0.15, 0.2) is 42.1 Å². The topological polar surface area (TPSA) is 182 Å². The molecule has 0 radical (unpaired) electrons. The molecule has 0 saturated carbocycles. The van der Waals surface area contributed by atoms with Crippen LogP contribution in [0.1, 0.15) is 17.7 Å². The van der Waals surface area contributed by atoms with Crippen LogP contribution in [-0.4, -0.2) is 53.1 Å². The minimum atomic E-state index is -4.54. The normalized spacial score (nSPS) is 13.3. The number of carbonyl (C=O) groups excluding carboxylic acids is 2. The second-order valence-corrected chi connectivity index (χ2v) is 6.78. The van der Waals surface area contributed by atoms with E-state index < -0.39 is 35.4 Å². The molecule has 1 atom stereocenters. The lowest BCUT2D eigenvalue weighted by molar-refractivity contribution is -0.137. The second-order valence-electron chi connectivity index (χ2n) is 6.78. The van der Waals surface area contributed by atoms with Gasteiger partial charge in [-0.2, -0.15) is 13.2 Å². The van der Waals surface area contributed by atoms with Crippen molar-refractivity contribution < 1.29 is 27.2 Å². The van der Waals surface area contributed by atoms with Gasteiger partial charge in [-0.25, -0.2) is 16.1 Å². The summed E-state index contributed by atoms with van der Waals surface area (Å²) in [5.74, 6) is 9.86. The van der Waals surface area contributed by atoms with Gasteiger partial charge in [0.05, 0.1) is 24.3 Å². The van der Waals surface area contributed by atoms with Crippen molar-refractivity contribution in [2.75, 3.05) is 20.1 Å². The third kappa shape index (κ3) is 10.0. The van der Waals surface area contributed by atoms with Crippen LogP contribution in [-0.2, 0) is 22.3 Å². The van der Waals surface area contributed by atoms with Gasteiger partial charge in [-0.3, -0.25) is 14.6 Å². The Morgan fingerprint density at radius 2 is 1.76 bits per heavy atom. The van der Waals surface area contributed by atoms with Crippen molar-refractivity contribution in [3.8, 4) is 0 Å². The molecule has 184 valence electrons. The van der Waals surface area contributed by atoms with E-state index in [1.165, 1.54) is 7.05 Å². The maximum absolute atomic E-state index is 14.1. The molecule has 33 heavy (non-hydrogen) atoms. The molecule has 1 heterocycles. The Morgan fingerprint density at radius 3 is 2.36 bits per heavy atom. The SMILES string of the molecule is CNC(=O)/C(N)=C/N(N)CCC(F)CN(N)/C=C(\N)C(=O)NCc1cc(C(F)(F)F)ccn1. The van der Waals surface area contributed by atoms with Gasteiger partial charge in [-0.15, -0.1) is 0 Å². The Labute approximate surface area is 187 Å². The number of hydrazine groups is 2. The predicted molar refractivity (Wildman–Crippen MR) is 111 cm³/mol. The number of hydrogen-bond acceptors (Lipinski definition) is 9. The fourth-order valence-electron chi connectivity index (χ4n) is 2.37. The number of amides is 2. The van der Waals surface area contributed by atoms with Gasteiger partial charge in [-0.1, -0.05) is 0 Å². The molecule has 1 unspecified atom stereocenters. The molecular weight excluding hydrogens is 450 g/mol. The number of pyridine rings is 1. The first-order chi connectivity index (χ1) is 15.3. The van der Waals surface area contributed by atoms with Gasteiger partial charge in [0.25, 0.3) is 11.8 Å². The molecule has 1 aromatic rings. The quantitative estimate of drug-likeness (QED) is 0.102. The number of carbonyl (C=O) groups is 2. The van der Waals surface area contributed by atoms with Crippen LogP contribution in [0.2, 0.25) is 0 Å². The van der Waals surface area contributed by atoms with E-state index in [1.807, 2.05) is 0 Å². The van der Waals surface area contributed by atoms with Crippen molar-refractivity contribution in [3.05, 3.63) is 53.4 Å². The number of hydrogen-bond donors (Lipinski definition) is 6. The van der Waals surface area contributed by atoms with Crippen LogP contribution in [0.3, 0.4) is 0 Å². The van der Waals surface area contributed by atoms with Crippen molar-refractivity contribution in [1.82, 2.24) is 25.6 Å². The molecule has 1 aromatic heterocycles. The summed E-state index contributed by atoms with van der Waals surface area (Å²) in [6, 6.07) is 1.59. The highest BCUT2D eigenvalue weighted by Gasteiger charge is 2.30. The van der Waals surface area contributed by atoms with Crippen molar-refractivity contribution in [2.24, 2.45) is 23.2 Å². The van der Waals surface area contributed by atoms with Crippen molar-refractivity contribution in [1.29, 1.82) is 0 Å². The van der Waals surface area contributed by atoms with E-state index in [2.05, 4.69) is 15.6 Å². The van der Waals surface area contributed by atoms with E-state index in [0.29, 0.717) is 0 Å². The van der Waals surface area contributed by atoms with Gasteiger partial charge >= 0.3 is 6.18 Å². The number of nitrogens with two attached hydrogens (primary N) is 4. The van der Waals surface area contributed by atoms with Gasteiger partial charge in [0.1, 0.15) is 17.6 Å². The standard InChI is InChI=1S/C18H27F4N9O2/c1-27-16(32)14(23)9-30(25)5-3-12(19)8-31(26)10-15(24)17(33)29-7-13-6-11(2-4-28-13)18(20,21)22/h2,4,6,9-10,12H,3,5,7-8,23-26H2,1H3,(H,27,32)(H,29,33)/b14-9-,15-10-. The largest absolute Gasteiger partial charge is 0.416 e. The van der Waals surface area contributed by atoms with Crippen LogP contribution < -0.4 is 33.8 Å². The fourth-order valence-corrected chi connectivity index (χ4v) is 2.37. The molecular formula is C18H27F4N9O2. The minimum Gasteiger partial charge on any atom is -0.393 e. The van der Waals surface area contributed by atoms with Crippen LogP contribution in [0.5, 0.6) is 0 Å². The van der Waals surface area contributed by atoms with Gasteiger partial charge in [0.15, 0.2) is 0 Å². The molecule has 0 aromatic carbocycles. The van der Waals surface area contributed by atoms with E-state index >= 15 is 0 Å². The van der Waals surface area contributed by atoms with Gasteiger partial charge in [0, 0.05) is 32.2 Å². The monoisotopic (exact) mass is 477 g/mol. The predicted octanol–water partition coefficient (Wildman–Crippen LogP) is -0.858. The van der Waals surface area contributed by atoms with Crippen LogP contribution in [0.4, 0.5) is 17.6 Å². The number of nitrogens with one attached hydrogen (secondary N) is 2. The zero-order valence-electron chi connectivity index (χ0n) is 17.8. The highest BCUT2D eigenvalue weighted by atomic mass is 19.4. The molecule has 0 aliphatic carbocycles. The van der Waals surface area contributed by atoms with Crippen LogP contribution in [0.25, 0.3) is 0 Å². The first-order valence-electron chi connectivity index (χ1n) is 9.47. The van der Waals surface area contributed by atoms with Crippen LogP contribution >= 0.6 is 0 Å². The Kier molecular flexibility index (Phi) is 10.4. The molecule has 1 rings (SSSR count). The van der Waals surface area contributed by atoms with E-state index in [0.717, 1.165) is 40.7 Å². The third-order valence-electron chi connectivity index (χ3n) is 4.04. The lowest BCUT2D eigenvalue weighted by atomic mass is 10.2. The zero-order valence-corrected chi connectivity index (χ0v) is 17.8. The Balaban J connectivity index is 2.52. The molecule has 0 saturated heterocycles. The van der Waals surface area contributed by atoms with Crippen molar-refractivity contribution >= 4 is 11.8 Å². The summed E-state index contributed by atoms with van der Waals surface area (Å²) in [6.45, 7) is -0.644. The summed E-state index contributed by atoms with van der Waals surface area (Å²) >= 11 is 0. The zero-order chi connectivity index (χ0) is 25.2. The molecule has 11 nitrogen and oxygen atoms in total.